The van der Waals surface area contributed by atoms with Crippen LogP contribution in [0, 0.1) is 0 Å². The van der Waals surface area contributed by atoms with Crippen LogP contribution in [0.15, 0.2) is 24.8 Å². The molecule has 0 unspecified atom stereocenters. The van der Waals surface area contributed by atoms with Gasteiger partial charge in [0.25, 0.3) is 0 Å². The summed E-state index contributed by atoms with van der Waals surface area (Å²) in [5, 5.41) is 1.92. The second-order valence-electron chi connectivity index (χ2n) is 2.83. The van der Waals surface area contributed by atoms with Gasteiger partial charge in [-0.1, -0.05) is 36.9 Å². The Morgan fingerprint density at radius 1 is 1.50 bits per heavy atom. The second-order valence-corrected chi connectivity index (χ2v) is 2.83. The number of hydrogen-bond acceptors (Lipinski definition) is 1. The highest BCUT2D eigenvalue weighted by molar-refractivity contribution is 5.62. The number of benzene rings is 1. The van der Waals surface area contributed by atoms with Gasteiger partial charge in [-0.25, -0.2) is 0 Å². The quantitative estimate of drug-likeness (QED) is 0.645. The minimum Gasteiger partial charge on any atom is -0.404 e. The molecule has 0 aromatic heterocycles. The predicted molar refractivity (Wildman–Crippen MR) is 54.6 cm³/mol. The SMILES string of the molecule is C=C(C)c1cccc(=C)/c1=C\N. The van der Waals surface area contributed by atoms with E-state index < -0.39 is 0 Å². The molecule has 12 heavy (non-hydrogen) atoms. The van der Waals surface area contributed by atoms with Gasteiger partial charge in [0.15, 0.2) is 0 Å². The van der Waals surface area contributed by atoms with E-state index in [4.69, 9.17) is 5.73 Å². The van der Waals surface area contributed by atoms with Crippen LogP contribution < -0.4 is 16.2 Å². The molecule has 0 spiro atoms. The van der Waals surface area contributed by atoms with Crippen LogP contribution in [0.1, 0.15) is 12.5 Å². The predicted octanol–water partition coefficient (Wildman–Crippen LogP) is 0.827. The summed E-state index contributed by atoms with van der Waals surface area (Å²) in [4.78, 5) is 0. The maximum atomic E-state index is 5.48. The summed E-state index contributed by atoms with van der Waals surface area (Å²) in [6.07, 6.45) is 1.58. The van der Waals surface area contributed by atoms with Crippen molar-refractivity contribution in [1.82, 2.24) is 0 Å². The Labute approximate surface area is 72.5 Å². The van der Waals surface area contributed by atoms with Crippen LogP contribution >= 0.6 is 0 Å². The van der Waals surface area contributed by atoms with Gasteiger partial charge in [0.1, 0.15) is 0 Å². The summed E-state index contributed by atoms with van der Waals surface area (Å²) in [6, 6.07) is 5.89. The van der Waals surface area contributed by atoms with Crippen LogP contribution in [0.2, 0.25) is 0 Å². The van der Waals surface area contributed by atoms with Crippen molar-refractivity contribution in [3.05, 3.63) is 40.8 Å². The fraction of sp³-hybridized carbons (Fsp3) is 0.0909. The molecule has 0 saturated heterocycles. The first-order chi connectivity index (χ1) is 5.66. The van der Waals surface area contributed by atoms with E-state index in [9.17, 15) is 0 Å². The molecule has 0 atom stereocenters. The molecule has 0 radical (unpaired) electrons. The lowest BCUT2D eigenvalue weighted by Gasteiger charge is -2.00. The molecule has 0 heterocycles. The van der Waals surface area contributed by atoms with Crippen molar-refractivity contribution in [1.29, 1.82) is 0 Å². The van der Waals surface area contributed by atoms with Gasteiger partial charge in [0.05, 0.1) is 0 Å². The van der Waals surface area contributed by atoms with Gasteiger partial charge < -0.3 is 5.73 Å². The van der Waals surface area contributed by atoms with Crippen molar-refractivity contribution in [3.63, 3.8) is 0 Å². The Hall–Kier alpha value is -1.50. The maximum absolute atomic E-state index is 5.48. The third kappa shape index (κ3) is 1.40. The fourth-order valence-corrected chi connectivity index (χ4v) is 1.18. The zero-order valence-corrected chi connectivity index (χ0v) is 7.30. The summed E-state index contributed by atoms with van der Waals surface area (Å²) in [5.41, 5.74) is 7.57. The number of hydrogen-bond donors (Lipinski definition) is 1. The van der Waals surface area contributed by atoms with Crippen molar-refractivity contribution in [2.45, 2.75) is 6.92 Å². The Morgan fingerprint density at radius 2 is 2.17 bits per heavy atom. The lowest BCUT2D eigenvalue weighted by molar-refractivity contribution is 1.44. The third-order valence-corrected chi connectivity index (χ3v) is 1.82. The minimum absolute atomic E-state index is 0.943. The van der Waals surface area contributed by atoms with Crippen LogP contribution in [0.3, 0.4) is 0 Å². The second kappa shape index (κ2) is 3.26. The van der Waals surface area contributed by atoms with Gasteiger partial charge in [-0.15, -0.1) is 0 Å². The Kier molecular flexibility index (Phi) is 2.34. The van der Waals surface area contributed by atoms with Gasteiger partial charge in [0.2, 0.25) is 0 Å². The van der Waals surface area contributed by atoms with Crippen LogP contribution in [-0.4, -0.2) is 0 Å². The molecule has 0 aliphatic rings. The standard InChI is InChI=1S/C11H13N/c1-8(2)10-6-4-5-9(3)11(10)7-12/h4-7H,1,3,12H2,2H3/b11-7+. The molecule has 0 saturated carbocycles. The Balaban J connectivity index is 3.61. The minimum atomic E-state index is 0.943. The number of nitrogens with two attached hydrogens (primary N) is 1. The van der Waals surface area contributed by atoms with E-state index >= 15 is 0 Å². The van der Waals surface area contributed by atoms with E-state index in [1.165, 1.54) is 0 Å². The number of rotatable bonds is 1. The van der Waals surface area contributed by atoms with E-state index in [1.807, 2.05) is 25.1 Å². The van der Waals surface area contributed by atoms with Gasteiger partial charge in [-0.05, 0) is 17.7 Å². The average molecular weight is 159 g/mol. The largest absolute Gasteiger partial charge is 0.404 e. The Bertz CT molecular complexity index is 402. The monoisotopic (exact) mass is 159 g/mol. The summed E-state index contributed by atoms with van der Waals surface area (Å²) < 4.78 is 0. The summed E-state index contributed by atoms with van der Waals surface area (Å²) in [7, 11) is 0. The fourth-order valence-electron chi connectivity index (χ4n) is 1.18. The molecule has 1 rings (SSSR count). The first-order valence-electron chi connectivity index (χ1n) is 3.82. The lowest BCUT2D eigenvalue weighted by atomic mass is 10.1. The summed E-state index contributed by atoms with van der Waals surface area (Å²) in [6.45, 7) is 9.71. The molecule has 0 amide bonds. The first kappa shape index (κ1) is 8.60. The molecular weight excluding hydrogens is 146 g/mol. The van der Waals surface area contributed by atoms with Crippen LogP contribution in [0.4, 0.5) is 0 Å². The molecule has 1 aromatic rings. The summed E-state index contributed by atoms with van der Waals surface area (Å²) in [5.74, 6) is 0. The molecule has 0 bridgehead atoms. The van der Waals surface area contributed by atoms with Gasteiger partial charge >= 0.3 is 0 Å². The molecule has 1 nitrogen and oxygen atoms in total. The Morgan fingerprint density at radius 3 is 2.58 bits per heavy atom. The molecular formula is C11H13N. The highest BCUT2D eigenvalue weighted by atomic mass is 14.5. The van der Waals surface area contributed by atoms with E-state index in [-0.39, 0.29) is 0 Å². The van der Waals surface area contributed by atoms with Crippen molar-refractivity contribution < 1.29 is 0 Å². The zero-order valence-electron chi connectivity index (χ0n) is 7.30. The van der Waals surface area contributed by atoms with E-state index in [0.717, 1.165) is 21.6 Å². The molecule has 1 aromatic carbocycles. The van der Waals surface area contributed by atoms with Gasteiger partial charge in [0, 0.05) is 11.4 Å². The van der Waals surface area contributed by atoms with Crippen molar-refractivity contribution >= 4 is 18.4 Å². The highest BCUT2D eigenvalue weighted by Gasteiger charge is 1.94. The first-order valence-corrected chi connectivity index (χ1v) is 3.82. The highest BCUT2D eigenvalue weighted by Crippen LogP contribution is 2.02. The van der Waals surface area contributed by atoms with Gasteiger partial charge in [-0.2, -0.15) is 0 Å². The van der Waals surface area contributed by atoms with Crippen LogP contribution in [-0.2, 0) is 0 Å². The molecule has 62 valence electrons. The zero-order chi connectivity index (χ0) is 9.14. The average Bonchev–Trinajstić information content (AvgIpc) is 2.03. The molecule has 0 fully saturated rings. The smallest absolute Gasteiger partial charge is 0.00401 e. The van der Waals surface area contributed by atoms with E-state index in [2.05, 4.69) is 13.2 Å². The molecule has 0 aliphatic carbocycles. The van der Waals surface area contributed by atoms with Crippen molar-refractivity contribution in [3.8, 4) is 0 Å². The molecule has 0 aliphatic heterocycles. The van der Waals surface area contributed by atoms with Crippen molar-refractivity contribution in [2.24, 2.45) is 5.73 Å². The summed E-state index contributed by atoms with van der Waals surface area (Å²) >= 11 is 0. The molecule has 2 N–H and O–H groups in total. The van der Waals surface area contributed by atoms with Crippen LogP contribution in [0.25, 0.3) is 18.4 Å². The third-order valence-electron chi connectivity index (χ3n) is 1.82. The van der Waals surface area contributed by atoms with Crippen LogP contribution in [0.5, 0.6) is 0 Å². The van der Waals surface area contributed by atoms with E-state index in [1.54, 1.807) is 6.20 Å². The normalized spacial score (nSPS) is 11.6. The van der Waals surface area contributed by atoms with Gasteiger partial charge in [-0.3, -0.25) is 0 Å². The molecule has 1 heteroatoms. The topological polar surface area (TPSA) is 26.0 Å². The van der Waals surface area contributed by atoms with E-state index in [0.29, 0.717) is 0 Å². The lowest BCUT2D eigenvalue weighted by Crippen LogP contribution is -2.27. The maximum Gasteiger partial charge on any atom is 0.00401 e. The number of allylic oxidation sites excluding steroid dienone is 1. The van der Waals surface area contributed by atoms with Crippen molar-refractivity contribution in [2.75, 3.05) is 0 Å².